The average molecular weight is 184 g/mol. The number of carbonyl (C=O) groups is 1. The quantitative estimate of drug-likeness (QED) is 0.274. The first kappa shape index (κ1) is 14.5. The number of carbonyl (C=O) groups excluding carboxylic acids is 1. The molecule has 76 valence electrons. The Morgan fingerprint density at radius 3 is 2.38 bits per heavy atom. The summed E-state index contributed by atoms with van der Waals surface area (Å²) in [6.07, 6.45) is 5.72. The van der Waals surface area contributed by atoms with Crippen molar-refractivity contribution in [2.24, 2.45) is 0 Å². The van der Waals surface area contributed by atoms with Gasteiger partial charge in [-0.1, -0.05) is 32.8 Å². The highest BCUT2D eigenvalue weighted by atomic mass is 16.5. The summed E-state index contributed by atoms with van der Waals surface area (Å²) >= 11 is 0. The van der Waals surface area contributed by atoms with Gasteiger partial charge in [-0.3, -0.25) is 0 Å². The molecular weight excluding hydrogens is 164 g/mol. The molecular formula is C11H20O2. The molecule has 0 aliphatic rings. The zero-order valence-corrected chi connectivity index (χ0v) is 8.55. The summed E-state index contributed by atoms with van der Waals surface area (Å²) in [5, 5.41) is 0. The SMILES string of the molecule is C=C.C=CC(=O)OCCCCCC. The standard InChI is InChI=1S/C9H16O2.C2H4/c1-3-5-6-7-8-11-9(10)4-2;1-2/h4H,2-3,5-8H2,1H3;1-2H2. The van der Waals surface area contributed by atoms with Crippen LogP contribution in [-0.2, 0) is 9.53 Å². The monoisotopic (exact) mass is 184 g/mol. The van der Waals surface area contributed by atoms with E-state index in [1.54, 1.807) is 0 Å². The van der Waals surface area contributed by atoms with Crippen molar-refractivity contribution in [3.05, 3.63) is 25.8 Å². The Labute approximate surface area is 81.3 Å². The zero-order chi connectivity index (χ0) is 10.5. The van der Waals surface area contributed by atoms with Gasteiger partial charge >= 0.3 is 5.97 Å². The lowest BCUT2D eigenvalue weighted by atomic mass is 10.2. The van der Waals surface area contributed by atoms with E-state index in [2.05, 4.69) is 26.7 Å². The third kappa shape index (κ3) is 13.9. The van der Waals surface area contributed by atoms with Gasteiger partial charge in [-0.05, 0) is 6.42 Å². The predicted octanol–water partition coefficient (Wildman–Crippen LogP) is 3.10. The van der Waals surface area contributed by atoms with Gasteiger partial charge in [0.2, 0.25) is 0 Å². The zero-order valence-electron chi connectivity index (χ0n) is 8.55. The summed E-state index contributed by atoms with van der Waals surface area (Å²) in [5.41, 5.74) is 0. The summed E-state index contributed by atoms with van der Waals surface area (Å²) < 4.78 is 4.78. The number of ether oxygens (including phenoxy) is 1. The molecule has 0 N–H and O–H groups in total. The largest absolute Gasteiger partial charge is 0.463 e. The van der Waals surface area contributed by atoms with E-state index in [4.69, 9.17) is 4.74 Å². The summed E-state index contributed by atoms with van der Waals surface area (Å²) in [5.74, 6) is -0.318. The third-order valence-corrected chi connectivity index (χ3v) is 1.41. The van der Waals surface area contributed by atoms with Crippen LogP contribution in [0.15, 0.2) is 25.8 Å². The average Bonchev–Trinajstić information content (AvgIpc) is 2.20. The minimum absolute atomic E-state index is 0.318. The van der Waals surface area contributed by atoms with E-state index in [-0.39, 0.29) is 5.97 Å². The molecule has 0 bridgehead atoms. The van der Waals surface area contributed by atoms with E-state index in [0.717, 1.165) is 12.8 Å². The van der Waals surface area contributed by atoms with Gasteiger partial charge < -0.3 is 4.74 Å². The van der Waals surface area contributed by atoms with Gasteiger partial charge in [0.1, 0.15) is 0 Å². The molecule has 0 aliphatic carbocycles. The second-order valence-electron chi connectivity index (χ2n) is 2.43. The second kappa shape index (κ2) is 13.5. The van der Waals surface area contributed by atoms with Gasteiger partial charge in [0.05, 0.1) is 6.61 Å². The van der Waals surface area contributed by atoms with Crippen LogP contribution in [0.25, 0.3) is 0 Å². The summed E-state index contributed by atoms with van der Waals surface area (Å²) in [4.78, 5) is 10.5. The topological polar surface area (TPSA) is 26.3 Å². The Morgan fingerprint density at radius 2 is 1.92 bits per heavy atom. The molecule has 13 heavy (non-hydrogen) atoms. The Balaban J connectivity index is 0. The molecule has 0 aromatic rings. The Bertz CT molecular complexity index is 130. The van der Waals surface area contributed by atoms with Crippen molar-refractivity contribution in [1.29, 1.82) is 0 Å². The molecule has 0 heterocycles. The number of hydrogen-bond acceptors (Lipinski definition) is 2. The number of unbranched alkanes of at least 4 members (excludes halogenated alkanes) is 3. The smallest absolute Gasteiger partial charge is 0.330 e. The fourth-order valence-corrected chi connectivity index (χ4v) is 0.761. The highest BCUT2D eigenvalue weighted by Crippen LogP contribution is 1.98. The summed E-state index contributed by atoms with van der Waals surface area (Å²) in [7, 11) is 0. The van der Waals surface area contributed by atoms with Crippen molar-refractivity contribution >= 4 is 5.97 Å². The van der Waals surface area contributed by atoms with Crippen LogP contribution >= 0.6 is 0 Å². The van der Waals surface area contributed by atoms with E-state index in [9.17, 15) is 4.79 Å². The highest BCUT2D eigenvalue weighted by molar-refractivity contribution is 5.81. The maximum atomic E-state index is 10.5. The summed E-state index contributed by atoms with van der Waals surface area (Å²) in [6.45, 7) is 12.0. The molecule has 0 rings (SSSR count). The van der Waals surface area contributed by atoms with Crippen LogP contribution in [0.1, 0.15) is 32.6 Å². The first-order valence-corrected chi connectivity index (χ1v) is 4.60. The molecule has 0 aromatic carbocycles. The van der Waals surface area contributed by atoms with Crippen molar-refractivity contribution < 1.29 is 9.53 Å². The molecule has 2 nitrogen and oxygen atoms in total. The molecule has 0 unspecified atom stereocenters. The molecule has 0 saturated heterocycles. The van der Waals surface area contributed by atoms with Crippen molar-refractivity contribution in [3.63, 3.8) is 0 Å². The normalized spacial score (nSPS) is 8.08. The first-order chi connectivity index (χ1) is 6.31. The van der Waals surface area contributed by atoms with Gasteiger partial charge in [0, 0.05) is 6.08 Å². The van der Waals surface area contributed by atoms with E-state index >= 15 is 0 Å². The third-order valence-electron chi connectivity index (χ3n) is 1.41. The minimum atomic E-state index is -0.318. The molecule has 0 saturated carbocycles. The maximum absolute atomic E-state index is 10.5. The van der Waals surface area contributed by atoms with E-state index < -0.39 is 0 Å². The lowest BCUT2D eigenvalue weighted by Crippen LogP contribution is -2.01. The van der Waals surface area contributed by atoms with E-state index in [0.29, 0.717) is 6.61 Å². The second-order valence-corrected chi connectivity index (χ2v) is 2.43. The maximum Gasteiger partial charge on any atom is 0.330 e. The Morgan fingerprint density at radius 1 is 1.31 bits per heavy atom. The van der Waals surface area contributed by atoms with Crippen molar-refractivity contribution in [2.75, 3.05) is 6.61 Å². The van der Waals surface area contributed by atoms with Crippen LogP contribution < -0.4 is 0 Å². The lowest BCUT2D eigenvalue weighted by molar-refractivity contribution is -0.137. The van der Waals surface area contributed by atoms with Gasteiger partial charge in [-0.15, -0.1) is 13.2 Å². The van der Waals surface area contributed by atoms with Crippen LogP contribution in [0, 0.1) is 0 Å². The van der Waals surface area contributed by atoms with Crippen LogP contribution in [-0.4, -0.2) is 12.6 Å². The van der Waals surface area contributed by atoms with Crippen molar-refractivity contribution in [1.82, 2.24) is 0 Å². The van der Waals surface area contributed by atoms with Crippen molar-refractivity contribution in [2.45, 2.75) is 32.6 Å². The Hall–Kier alpha value is -1.05. The molecule has 0 amide bonds. The number of hydrogen-bond donors (Lipinski definition) is 0. The number of rotatable bonds is 6. The minimum Gasteiger partial charge on any atom is -0.463 e. The molecule has 2 heteroatoms. The number of esters is 1. The van der Waals surface area contributed by atoms with Gasteiger partial charge in [-0.2, -0.15) is 0 Å². The van der Waals surface area contributed by atoms with Crippen LogP contribution in [0.4, 0.5) is 0 Å². The molecule has 0 radical (unpaired) electrons. The van der Waals surface area contributed by atoms with E-state index in [1.807, 2.05) is 0 Å². The van der Waals surface area contributed by atoms with Crippen LogP contribution in [0.5, 0.6) is 0 Å². The van der Waals surface area contributed by atoms with E-state index in [1.165, 1.54) is 18.9 Å². The molecule has 0 spiro atoms. The van der Waals surface area contributed by atoms with Gasteiger partial charge in [0.25, 0.3) is 0 Å². The molecule has 0 atom stereocenters. The van der Waals surface area contributed by atoms with Crippen molar-refractivity contribution in [3.8, 4) is 0 Å². The predicted molar refractivity (Wildman–Crippen MR) is 56.6 cm³/mol. The highest BCUT2D eigenvalue weighted by Gasteiger charge is 1.93. The molecule has 0 aromatic heterocycles. The molecule has 0 aliphatic heterocycles. The molecule has 0 fully saturated rings. The van der Waals surface area contributed by atoms with Gasteiger partial charge in [-0.25, -0.2) is 4.79 Å². The fraction of sp³-hybridized carbons (Fsp3) is 0.545. The van der Waals surface area contributed by atoms with Gasteiger partial charge in [0.15, 0.2) is 0 Å². The summed E-state index contributed by atoms with van der Waals surface area (Å²) in [6, 6.07) is 0. The first-order valence-electron chi connectivity index (χ1n) is 4.60. The van der Waals surface area contributed by atoms with Crippen LogP contribution in [0.3, 0.4) is 0 Å². The van der Waals surface area contributed by atoms with Crippen LogP contribution in [0.2, 0.25) is 0 Å². The fourth-order valence-electron chi connectivity index (χ4n) is 0.761. The Kier molecular flexibility index (Phi) is 15.1. The lowest BCUT2D eigenvalue weighted by Gasteiger charge is -1.99.